The molecule has 1 N–H and O–H groups in total. The van der Waals surface area contributed by atoms with Crippen molar-refractivity contribution in [3.8, 4) is 0 Å². The predicted octanol–water partition coefficient (Wildman–Crippen LogP) is 0.390. The van der Waals surface area contributed by atoms with Gasteiger partial charge in [-0.3, -0.25) is 5.21 Å². The standard InChI is InChI=1S/C3H8NO/c1-2-3-4-5/h5H,2-3H2,1H3. The average Bonchev–Trinajstić information content (AvgIpc) is 1.41. The third-order valence-corrected chi connectivity index (χ3v) is 0.324. The van der Waals surface area contributed by atoms with Crippen molar-refractivity contribution < 1.29 is 5.21 Å². The summed E-state index contributed by atoms with van der Waals surface area (Å²) in [5.74, 6) is 0. The van der Waals surface area contributed by atoms with Crippen LogP contribution >= 0.6 is 0 Å². The summed E-state index contributed by atoms with van der Waals surface area (Å²) in [5, 5.41) is 7.69. The van der Waals surface area contributed by atoms with E-state index in [2.05, 4.69) is 5.48 Å². The highest BCUT2D eigenvalue weighted by molar-refractivity contribution is 4.21. The van der Waals surface area contributed by atoms with Gasteiger partial charge in [-0.25, -0.2) is 0 Å². The van der Waals surface area contributed by atoms with Crippen molar-refractivity contribution in [1.29, 1.82) is 0 Å². The molecule has 2 heteroatoms. The SMILES string of the molecule is CCC[N]O. The number of rotatable bonds is 2. The lowest BCUT2D eigenvalue weighted by Gasteiger charge is -1.79. The molecule has 0 bridgehead atoms. The van der Waals surface area contributed by atoms with Crippen molar-refractivity contribution in [2.75, 3.05) is 6.54 Å². The molecule has 0 saturated heterocycles. The molecule has 0 atom stereocenters. The van der Waals surface area contributed by atoms with Crippen molar-refractivity contribution in [2.24, 2.45) is 0 Å². The third kappa shape index (κ3) is 3.92. The van der Waals surface area contributed by atoms with Gasteiger partial charge in [-0.1, -0.05) is 6.92 Å². The molecule has 0 aromatic carbocycles. The maximum atomic E-state index is 7.69. The smallest absolute Gasteiger partial charge is 0.0421 e. The zero-order chi connectivity index (χ0) is 4.12. The van der Waals surface area contributed by atoms with Gasteiger partial charge in [0.05, 0.1) is 0 Å². The lowest BCUT2D eigenvalue weighted by atomic mass is 10.5. The van der Waals surface area contributed by atoms with E-state index in [1.54, 1.807) is 0 Å². The van der Waals surface area contributed by atoms with Gasteiger partial charge in [0.15, 0.2) is 0 Å². The van der Waals surface area contributed by atoms with Crippen LogP contribution in [0.15, 0.2) is 0 Å². The van der Waals surface area contributed by atoms with Gasteiger partial charge in [0.25, 0.3) is 0 Å². The summed E-state index contributed by atoms with van der Waals surface area (Å²) in [7, 11) is 0. The first-order valence-corrected chi connectivity index (χ1v) is 1.72. The summed E-state index contributed by atoms with van der Waals surface area (Å²) in [6.45, 7) is 2.53. The van der Waals surface area contributed by atoms with E-state index in [-0.39, 0.29) is 0 Å². The van der Waals surface area contributed by atoms with E-state index in [0.717, 1.165) is 6.42 Å². The molecule has 0 aromatic rings. The molecule has 0 rings (SSSR count). The van der Waals surface area contributed by atoms with Crippen molar-refractivity contribution in [1.82, 2.24) is 5.48 Å². The third-order valence-electron chi connectivity index (χ3n) is 0.324. The van der Waals surface area contributed by atoms with Crippen LogP contribution in [0.5, 0.6) is 0 Å². The van der Waals surface area contributed by atoms with Crippen LogP contribution in [-0.4, -0.2) is 11.8 Å². The van der Waals surface area contributed by atoms with Gasteiger partial charge in [-0.15, -0.1) is 5.48 Å². The summed E-state index contributed by atoms with van der Waals surface area (Å²) in [6.07, 6.45) is 0.927. The fourth-order valence-corrected chi connectivity index (χ4v) is 0.1000. The van der Waals surface area contributed by atoms with Crippen LogP contribution in [0.2, 0.25) is 0 Å². The highest BCUT2D eigenvalue weighted by Crippen LogP contribution is 1.64. The van der Waals surface area contributed by atoms with Gasteiger partial charge in [0.2, 0.25) is 0 Å². The Morgan fingerprint density at radius 1 is 1.80 bits per heavy atom. The van der Waals surface area contributed by atoms with E-state index in [1.165, 1.54) is 0 Å². The fraction of sp³-hybridized carbons (Fsp3) is 1.00. The first-order chi connectivity index (χ1) is 2.41. The Morgan fingerprint density at radius 2 is 2.40 bits per heavy atom. The Labute approximate surface area is 31.8 Å². The Morgan fingerprint density at radius 3 is 2.40 bits per heavy atom. The molecule has 0 aromatic heterocycles. The first-order valence-electron chi connectivity index (χ1n) is 1.72. The second kappa shape index (κ2) is 3.92. The summed E-state index contributed by atoms with van der Waals surface area (Å²) < 4.78 is 0. The molecule has 0 fully saturated rings. The molecule has 0 amide bonds. The van der Waals surface area contributed by atoms with E-state index < -0.39 is 0 Å². The summed E-state index contributed by atoms with van der Waals surface area (Å²) in [6, 6.07) is 0. The Bertz CT molecular complexity index is 14.4. The van der Waals surface area contributed by atoms with Crippen molar-refractivity contribution >= 4 is 0 Å². The van der Waals surface area contributed by atoms with Crippen LogP contribution in [0.4, 0.5) is 0 Å². The summed E-state index contributed by atoms with van der Waals surface area (Å²) in [5.41, 5.74) is 2.85. The van der Waals surface area contributed by atoms with Crippen LogP contribution in [0.1, 0.15) is 13.3 Å². The lowest BCUT2D eigenvalue weighted by molar-refractivity contribution is 0.156. The molecule has 2 nitrogen and oxygen atoms in total. The molecule has 5 heavy (non-hydrogen) atoms. The van der Waals surface area contributed by atoms with Gasteiger partial charge >= 0.3 is 0 Å². The van der Waals surface area contributed by atoms with Crippen molar-refractivity contribution in [3.63, 3.8) is 0 Å². The minimum absolute atomic E-state index is 0.569. The highest BCUT2D eigenvalue weighted by Gasteiger charge is 1.69. The number of nitrogens with zero attached hydrogens (tertiary/aromatic N) is 1. The Balaban J connectivity index is 2.19. The normalized spacial score (nSPS) is 8.40. The molecule has 0 heterocycles. The summed E-state index contributed by atoms with van der Waals surface area (Å²) in [4.78, 5) is 0. The second-order valence-corrected chi connectivity index (χ2v) is 0.865. The highest BCUT2D eigenvalue weighted by atomic mass is 16.5. The molecule has 0 saturated carbocycles. The molecule has 1 radical (unpaired) electrons. The zero-order valence-electron chi connectivity index (χ0n) is 3.31. The van der Waals surface area contributed by atoms with E-state index in [1.807, 2.05) is 6.92 Å². The molecular formula is C3H8NO. The minimum Gasteiger partial charge on any atom is -0.297 e. The monoisotopic (exact) mass is 74.1 g/mol. The van der Waals surface area contributed by atoms with Gasteiger partial charge in [-0.05, 0) is 6.42 Å². The summed E-state index contributed by atoms with van der Waals surface area (Å²) >= 11 is 0. The van der Waals surface area contributed by atoms with Crippen LogP contribution < -0.4 is 5.48 Å². The molecule has 0 unspecified atom stereocenters. The molecule has 0 aliphatic carbocycles. The van der Waals surface area contributed by atoms with Crippen LogP contribution in [0, 0.1) is 0 Å². The van der Waals surface area contributed by atoms with Crippen LogP contribution in [-0.2, 0) is 0 Å². The maximum absolute atomic E-state index is 7.69. The second-order valence-electron chi connectivity index (χ2n) is 0.865. The molecule has 31 valence electrons. The van der Waals surface area contributed by atoms with Gasteiger partial charge in [-0.2, -0.15) is 0 Å². The van der Waals surface area contributed by atoms with Crippen LogP contribution in [0.25, 0.3) is 0 Å². The number of hydroxylamine groups is 1. The fourth-order valence-electron chi connectivity index (χ4n) is 0.1000. The predicted molar refractivity (Wildman–Crippen MR) is 19.1 cm³/mol. The Hall–Kier alpha value is -0.0800. The van der Waals surface area contributed by atoms with E-state index in [0.29, 0.717) is 6.54 Å². The molecular weight excluding hydrogens is 66.0 g/mol. The minimum atomic E-state index is 0.569. The van der Waals surface area contributed by atoms with E-state index >= 15 is 0 Å². The quantitative estimate of drug-likeness (QED) is 0.472. The number of hydrogen-bond acceptors (Lipinski definition) is 1. The Kier molecular flexibility index (Phi) is 3.86. The lowest BCUT2D eigenvalue weighted by Crippen LogP contribution is -1.96. The zero-order valence-corrected chi connectivity index (χ0v) is 3.31. The van der Waals surface area contributed by atoms with Gasteiger partial charge in [0.1, 0.15) is 0 Å². The largest absolute Gasteiger partial charge is 0.297 e. The molecule has 0 spiro atoms. The van der Waals surface area contributed by atoms with Crippen molar-refractivity contribution in [2.45, 2.75) is 13.3 Å². The van der Waals surface area contributed by atoms with Crippen molar-refractivity contribution in [3.05, 3.63) is 0 Å². The molecule has 0 aliphatic heterocycles. The number of hydrogen-bond donors (Lipinski definition) is 1. The topological polar surface area (TPSA) is 34.3 Å². The molecule has 0 aliphatic rings. The van der Waals surface area contributed by atoms with Crippen LogP contribution in [0.3, 0.4) is 0 Å². The van der Waals surface area contributed by atoms with E-state index in [9.17, 15) is 0 Å². The average molecular weight is 74.1 g/mol. The maximum Gasteiger partial charge on any atom is 0.0421 e. The first kappa shape index (κ1) is 4.92. The van der Waals surface area contributed by atoms with Gasteiger partial charge < -0.3 is 0 Å². The van der Waals surface area contributed by atoms with E-state index in [4.69, 9.17) is 5.21 Å². The van der Waals surface area contributed by atoms with Gasteiger partial charge in [0, 0.05) is 6.54 Å².